The van der Waals surface area contributed by atoms with Crippen molar-refractivity contribution in [2.75, 3.05) is 13.1 Å². The Balaban J connectivity index is 1.79. The first-order chi connectivity index (χ1) is 17.5. The molecule has 0 radical (unpaired) electrons. The summed E-state index contributed by atoms with van der Waals surface area (Å²) in [6.45, 7) is 6.33. The highest BCUT2D eigenvalue weighted by Crippen LogP contribution is 2.15. The predicted octanol–water partition coefficient (Wildman–Crippen LogP) is 6.02. The Labute approximate surface area is 214 Å². The van der Waals surface area contributed by atoms with Crippen molar-refractivity contribution in [1.82, 2.24) is 14.4 Å². The molecule has 1 aromatic heterocycles. The first-order valence-electron chi connectivity index (χ1n) is 13.0. The highest BCUT2D eigenvalue weighted by molar-refractivity contribution is 5.84. The Kier molecular flexibility index (Phi) is 10.7. The summed E-state index contributed by atoms with van der Waals surface area (Å²) in [6, 6.07) is 20.4. The van der Waals surface area contributed by atoms with Crippen LogP contribution in [-0.2, 0) is 29.2 Å². The molecule has 1 heterocycles. The van der Waals surface area contributed by atoms with Crippen molar-refractivity contribution in [3.05, 3.63) is 95.6 Å². The van der Waals surface area contributed by atoms with E-state index < -0.39 is 0 Å². The summed E-state index contributed by atoms with van der Waals surface area (Å²) < 4.78 is 15.4. The molecule has 0 aliphatic heterocycles. The monoisotopic (exact) mass is 491 g/mol. The minimum absolute atomic E-state index is 0.0537. The van der Waals surface area contributed by atoms with Gasteiger partial charge in [0.05, 0.1) is 13.1 Å². The molecule has 5 nitrogen and oxygen atoms in total. The second-order valence-corrected chi connectivity index (χ2v) is 9.26. The van der Waals surface area contributed by atoms with Gasteiger partial charge in [-0.05, 0) is 48.2 Å². The van der Waals surface area contributed by atoms with Gasteiger partial charge in [-0.25, -0.2) is 4.39 Å². The number of carbonyl (C=O) groups excluding carboxylic acids is 2. The molecule has 36 heavy (non-hydrogen) atoms. The Morgan fingerprint density at radius 1 is 0.778 bits per heavy atom. The van der Waals surface area contributed by atoms with Crippen molar-refractivity contribution < 1.29 is 14.0 Å². The molecule has 2 amide bonds. The summed E-state index contributed by atoms with van der Waals surface area (Å²) in [5.41, 5.74) is 3.02. The van der Waals surface area contributed by atoms with E-state index in [2.05, 4.69) is 18.4 Å². The highest BCUT2D eigenvalue weighted by Gasteiger charge is 2.22. The third-order valence-corrected chi connectivity index (χ3v) is 6.32. The van der Waals surface area contributed by atoms with Gasteiger partial charge < -0.3 is 14.4 Å². The fourth-order valence-corrected chi connectivity index (χ4v) is 4.16. The molecule has 0 bridgehead atoms. The van der Waals surface area contributed by atoms with Crippen LogP contribution >= 0.6 is 0 Å². The van der Waals surface area contributed by atoms with Gasteiger partial charge in [0.1, 0.15) is 5.82 Å². The zero-order valence-electron chi connectivity index (χ0n) is 21.5. The van der Waals surface area contributed by atoms with E-state index in [1.54, 1.807) is 17.0 Å². The van der Waals surface area contributed by atoms with Crippen LogP contribution in [0, 0.1) is 5.82 Å². The van der Waals surface area contributed by atoms with Gasteiger partial charge in [-0.15, -0.1) is 0 Å². The van der Waals surface area contributed by atoms with Crippen molar-refractivity contribution in [1.29, 1.82) is 0 Å². The summed E-state index contributed by atoms with van der Waals surface area (Å²) >= 11 is 0. The van der Waals surface area contributed by atoms with Gasteiger partial charge in [-0.1, -0.05) is 69.2 Å². The lowest BCUT2D eigenvalue weighted by Gasteiger charge is -2.28. The third kappa shape index (κ3) is 8.36. The van der Waals surface area contributed by atoms with Gasteiger partial charge in [0.15, 0.2) is 0 Å². The summed E-state index contributed by atoms with van der Waals surface area (Å²) in [7, 11) is 0. The number of amides is 2. The van der Waals surface area contributed by atoms with Crippen molar-refractivity contribution >= 4 is 11.8 Å². The molecule has 192 valence electrons. The van der Waals surface area contributed by atoms with Gasteiger partial charge in [-0.3, -0.25) is 9.59 Å². The van der Waals surface area contributed by atoms with Crippen LogP contribution < -0.4 is 0 Å². The number of halogens is 1. The fraction of sp³-hybridized carbons (Fsp3) is 0.400. The van der Waals surface area contributed by atoms with Crippen molar-refractivity contribution in [2.24, 2.45) is 0 Å². The molecular weight excluding hydrogens is 453 g/mol. The third-order valence-electron chi connectivity index (χ3n) is 6.32. The summed E-state index contributed by atoms with van der Waals surface area (Å²) in [6.07, 6.45) is 6.09. The first-order valence-corrected chi connectivity index (χ1v) is 13.0. The summed E-state index contributed by atoms with van der Waals surface area (Å²) in [5.74, 6) is -0.264. The van der Waals surface area contributed by atoms with Gasteiger partial charge in [0.2, 0.25) is 11.8 Å². The zero-order valence-corrected chi connectivity index (χ0v) is 21.5. The van der Waals surface area contributed by atoms with E-state index in [9.17, 15) is 14.0 Å². The fourth-order valence-electron chi connectivity index (χ4n) is 4.16. The quantitative estimate of drug-likeness (QED) is 0.277. The lowest BCUT2D eigenvalue weighted by Crippen LogP contribution is -2.43. The topological polar surface area (TPSA) is 45.6 Å². The van der Waals surface area contributed by atoms with Crippen LogP contribution in [-0.4, -0.2) is 39.3 Å². The first kappa shape index (κ1) is 27.2. The molecule has 0 unspecified atom stereocenters. The van der Waals surface area contributed by atoms with E-state index in [0.29, 0.717) is 32.6 Å². The number of benzene rings is 2. The molecule has 0 saturated carbocycles. The number of aromatic nitrogens is 1. The lowest BCUT2D eigenvalue weighted by molar-refractivity contribution is -0.141. The van der Waals surface area contributed by atoms with E-state index in [1.165, 1.54) is 12.1 Å². The largest absolute Gasteiger partial charge is 0.345 e. The summed E-state index contributed by atoms with van der Waals surface area (Å²) in [4.78, 5) is 30.0. The van der Waals surface area contributed by atoms with Crippen LogP contribution in [0.4, 0.5) is 4.39 Å². The van der Waals surface area contributed by atoms with Crippen molar-refractivity contribution in [2.45, 2.75) is 65.6 Å². The van der Waals surface area contributed by atoms with Crippen molar-refractivity contribution in [3.8, 4) is 0 Å². The van der Waals surface area contributed by atoms with Gasteiger partial charge in [-0.2, -0.15) is 0 Å². The lowest BCUT2D eigenvalue weighted by atomic mass is 10.2. The molecule has 0 fully saturated rings. The molecule has 0 atom stereocenters. The average Bonchev–Trinajstić information content (AvgIpc) is 3.32. The molecule has 6 heteroatoms. The molecule has 0 aliphatic carbocycles. The maximum absolute atomic E-state index is 13.6. The zero-order chi connectivity index (χ0) is 25.8. The van der Waals surface area contributed by atoms with Crippen LogP contribution in [0.2, 0.25) is 0 Å². The van der Waals surface area contributed by atoms with E-state index in [4.69, 9.17) is 0 Å². The normalized spacial score (nSPS) is 10.9. The number of rotatable bonds is 14. The molecule has 0 saturated heterocycles. The average molecular weight is 492 g/mol. The Morgan fingerprint density at radius 3 is 2.19 bits per heavy atom. The van der Waals surface area contributed by atoms with E-state index in [0.717, 1.165) is 42.5 Å². The molecule has 3 aromatic rings. The maximum Gasteiger partial charge on any atom is 0.242 e. The minimum atomic E-state index is -0.257. The van der Waals surface area contributed by atoms with Gasteiger partial charge in [0, 0.05) is 37.9 Å². The maximum atomic E-state index is 13.6. The number of nitrogens with zero attached hydrogens (tertiary/aromatic N) is 3. The molecule has 2 aromatic carbocycles. The number of unbranched alkanes of at least 4 members (excludes halogenated alkanes) is 2. The SMILES string of the molecule is CCCCC(=O)N(CCCC)CC(=O)N(Cc1ccccc1)Cc1cccn1Cc1ccc(F)cc1. The van der Waals surface area contributed by atoms with E-state index in [-0.39, 0.29) is 24.2 Å². The van der Waals surface area contributed by atoms with Gasteiger partial charge in [0.25, 0.3) is 0 Å². The number of hydrogen-bond acceptors (Lipinski definition) is 2. The van der Waals surface area contributed by atoms with Crippen LogP contribution in [0.5, 0.6) is 0 Å². The Morgan fingerprint density at radius 2 is 1.50 bits per heavy atom. The second-order valence-electron chi connectivity index (χ2n) is 9.26. The Hall–Kier alpha value is -3.41. The van der Waals surface area contributed by atoms with Gasteiger partial charge >= 0.3 is 0 Å². The van der Waals surface area contributed by atoms with Crippen LogP contribution in [0.25, 0.3) is 0 Å². The van der Waals surface area contributed by atoms with Crippen LogP contribution in [0.15, 0.2) is 72.9 Å². The second kappa shape index (κ2) is 14.2. The van der Waals surface area contributed by atoms with Crippen LogP contribution in [0.1, 0.15) is 62.8 Å². The highest BCUT2D eigenvalue weighted by atomic mass is 19.1. The molecular formula is C30H38FN3O2. The Bertz CT molecular complexity index is 1080. The smallest absolute Gasteiger partial charge is 0.242 e. The minimum Gasteiger partial charge on any atom is -0.345 e. The van der Waals surface area contributed by atoms with E-state index >= 15 is 0 Å². The predicted molar refractivity (Wildman–Crippen MR) is 142 cm³/mol. The number of hydrogen-bond donors (Lipinski definition) is 0. The molecule has 0 spiro atoms. The number of carbonyl (C=O) groups is 2. The van der Waals surface area contributed by atoms with Crippen molar-refractivity contribution in [3.63, 3.8) is 0 Å². The molecule has 3 rings (SSSR count). The molecule has 0 aliphatic rings. The standard InChI is InChI=1S/C30H38FN3O2/c1-3-5-14-29(35)33(19-6-4-2)24-30(36)34(22-25-11-8-7-9-12-25)23-28-13-10-20-32(28)21-26-15-17-27(31)18-16-26/h7-13,15-18,20H,3-6,14,19,21-24H2,1-2H3. The summed E-state index contributed by atoms with van der Waals surface area (Å²) in [5, 5.41) is 0. The van der Waals surface area contributed by atoms with Crippen LogP contribution in [0.3, 0.4) is 0 Å². The van der Waals surface area contributed by atoms with E-state index in [1.807, 2.05) is 53.6 Å². The molecule has 0 N–H and O–H groups in total.